The number of aromatic nitrogens is 4. The zero-order chi connectivity index (χ0) is 16.2. The first-order valence-corrected chi connectivity index (χ1v) is 8.43. The van der Waals surface area contributed by atoms with Crippen LogP contribution in [0.15, 0.2) is 54.7 Å². The fraction of sp³-hybridized carbons (Fsp3) is 0.316. The van der Waals surface area contributed by atoms with Gasteiger partial charge in [-0.2, -0.15) is 4.68 Å². The molecule has 24 heavy (non-hydrogen) atoms. The van der Waals surface area contributed by atoms with E-state index in [1.807, 2.05) is 28.9 Å². The topological polar surface area (TPSA) is 52.8 Å². The van der Waals surface area contributed by atoms with Crippen molar-refractivity contribution < 1.29 is 4.74 Å². The van der Waals surface area contributed by atoms with Crippen molar-refractivity contribution in [3.05, 3.63) is 71.9 Å². The summed E-state index contributed by atoms with van der Waals surface area (Å²) in [6.45, 7) is 0.791. The number of hydrogen-bond donors (Lipinski definition) is 0. The van der Waals surface area contributed by atoms with Crippen molar-refractivity contribution in [3.8, 4) is 5.82 Å². The second kappa shape index (κ2) is 6.93. The molecular formula is C19H20N4O. The number of hydrogen-bond acceptors (Lipinski definition) is 4. The van der Waals surface area contributed by atoms with Gasteiger partial charge in [0.15, 0.2) is 17.5 Å². The summed E-state index contributed by atoms with van der Waals surface area (Å²) in [6, 6.07) is 16.3. The molecule has 5 heteroatoms. The molecule has 0 amide bonds. The van der Waals surface area contributed by atoms with Gasteiger partial charge < -0.3 is 4.74 Å². The quantitative estimate of drug-likeness (QED) is 0.724. The highest BCUT2D eigenvalue weighted by Gasteiger charge is 2.25. The molecule has 1 aliphatic rings. The molecule has 1 saturated heterocycles. The van der Waals surface area contributed by atoms with Crippen molar-refractivity contribution >= 4 is 0 Å². The first-order valence-electron chi connectivity index (χ1n) is 8.43. The normalized spacial score (nSPS) is 17.2. The monoisotopic (exact) mass is 320 g/mol. The Morgan fingerprint density at radius 3 is 2.67 bits per heavy atom. The first kappa shape index (κ1) is 15.0. The van der Waals surface area contributed by atoms with Crippen LogP contribution in [-0.2, 0) is 17.6 Å². The smallest absolute Gasteiger partial charge is 0.163 e. The average Bonchev–Trinajstić information content (AvgIpc) is 3.31. The molecular weight excluding hydrogens is 300 g/mol. The molecule has 2 aromatic heterocycles. The maximum atomic E-state index is 5.83. The minimum absolute atomic E-state index is 0.0185. The van der Waals surface area contributed by atoms with Crippen LogP contribution in [0.4, 0.5) is 0 Å². The van der Waals surface area contributed by atoms with Crippen LogP contribution in [0.2, 0.25) is 0 Å². The Morgan fingerprint density at radius 1 is 1.04 bits per heavy atom. The molecule has 0 N–H and O–H groups in total. The fourth-order valence-electron chi connectivity index (χ4n) is 3.01. The van der Waals surface area contributed by atoms with E-state index in [0.717, 1.165) is 49.8 Å². The summed E-state index contributed by atoms with van der Waals surface area (Å²) in [5.74, 6) is 2.51. The van der Waals surface area contributed by atoms with E-state index in [9.17, 15) is 0 Å². The van der Waals surface area contributed by atoms with Crippen LogP contribution < -0.4 is 0 Å². The summed E-state index contributed by atoms with van der Waals surface area (Å²) in [5.41, 5.74) is 1.30. The SMILES string of the molecule is c1ccc(CCc2nc([C@H]3CCCO3)n(-c3ccccn3)n2)cc1. The van der Waals surface area contributed by atoms with E-state index >= 15 is 0 Å². The third-order valence-electron chi connectivity index (χ3n) is 4.24. The van der Waals surface area contributed by atoms with Gasteiger partial charge >= 0.3 is 0 Å². The van der Waals surface area contributed by atoms with Crippen molar-refractivity contribution in [1.82, 2.24) is 19.7 Å². The highest BCUT2D eigenvalue weighted by molar-refractivity contribution is 5.23. The average molecular weight is 320 g/mol. The Hall–Kier alpha value is -2.53. The van der Waals surface area contributed by atoms with E-state index in [4.69, 9.17) is 14.8 Å². The Labute approximate surface area is 141 Å². The number of rotatable bonds is 5. The van der Waals surface area contributed by atoms with Gasteiger partial charge in [-0.3, -0.25) is 0 Å². The molecule has 1 aliphatic heterocycles. The van der Waals surface area contributed by atoms with Crippen LogP contribution in [0.5, 0.6) is 0 Å². The Bertz CT molecular complexity index is 780. The zero-order valence-electron chi connectivity index (χ0n) is 13.5. The van der Waals surface area contributed by atoms with Gasteiger partial charge in [0, 0.05) is 19.2 Å². The van der Waals surface area contributed by atoms with Crippen LogP contribution >= 0.6 is 0 Å². The first-order chi connectivity index (χ1) is 11.9. The summed E-state index contributed by atoms with van der Waals surface area (Å²) in [6.07, 6.45) is 5.59. The summed E-state index contributed by atoms with van der Waals surface area (Å²) in [5, 5.41) is 4.70. The Kier molecular flexibility index (Phi) is 4.34. The van der Waals surface area contributed by atoms with Crippen LogP contribution in [0.1, 0.15) is 36.2 Å². The molecule has 4 rings (SSSR count). The molecule has 0 radical (unpaired) electrons. The summed E-state index contributed by atoms with van der Waals surface area (Å²) < 4.78 is 7.67. The van der Waals surface area contributed by atoms with Crippen molar-refractivity contribution in [2.45, 2.75) is 31.8 Å². The van der Waals surface area contributed by atoms with Gasteiger partial charge in [-0.1, -0.05) is 36.4 Å². The van der Waals surface area contributed by atoms with Gasteiger partial charge in [0.2, 0.25) is 0 Å². The molecule has 0 unspecified atom stereocenters. The third kappa shape index (κ3) is 3.21. The summed E-state index contributed by atoms with van der Waals surface area (Å²) in [4.78, 5) is 9.19. The molecule has 3 aromatic rings. The number of ether oxygens (including phenoxy) is 1. The Morgan fingerprint density at radius 2 is 1.92 bits per heavy atom. The number of pyridine rings is 1. The van der Waals surface area contributed by atoms with Crippen LogP contribution in [0.3, 0.4) is 0 Å². The minimum Gasteiger partial charge on any atom is -0.370 e. The zero-order valence-corrected chi connectivity index (χ0v) is 13.5. The van der Waals surface area contributed by atoms with Crippen LogP contribution in [-0.4, -0.2) is 26.4 Å². The van der Waals surface area contributed by atoms with Gasteiger partial charge in [0.25, 0.3) is 0 Å². The standard InChI is InChI=1S/C19H20N4O/c1-2-7-15(8-3-1)11-12-17-21-19(16-9-6-14-24-16)23(22-17)18-10-4-5-13-20-18/h1-5,7-8,10,13,16H,6,9,11-12,14H2/t16-/m1/s1. The fourth-order valence-corrected chi connectivity index (χ4v) is 3.01. The van der Waals surface area contributed by atoms with Gasteiger partial charge in [0.05, 0.1) is 0 Å². The van der Waals surface area contributed by atoms with Gasteiger partial charge in [-0.25, -0.2) is 9.97 Å². The Balaban J connectivity index is 1.61. The molecule has 1 atom stereocenters. The second-order valence-corrected chi connectivity index (χ2v) is 5.97. The van der Waals surface area contributed by atoms with Crippen molar-refractivity contribution in [2.24, 2.45) is 0 Å². The number of nitrogens with zero attached hydrogens (tertiary/aromatic N) is 4. The summed E-state index contributed by atoms with van der Waals surface area (Å²) in [7, 11) is 0. The van der Waals surface area contributed by atoms with Gasteiger partial charge in [-0.05, 0) is 37.0 Å². The lowest BCUT2D eigenvalue weighted by molar-refractivity contribution is 0.103. The minimum atomic E-state index is 0.0185. The maximum Gasteiger partial charge on any atom is 0.163 e. The molecule has 0 aliphatic carbocycles. The molecule has 5 nitrogen and oxygen atoms in total. The number of aryl methyl sites for hydroxylation is 2. The molecule has 0 saturated carbocycles. The molecule has 122 valence electrons. The molecule has 3 heterocycles. The number of benzene rings is 1. The second-order valence-electron chi connectivity index (χ2n) is 5.97. The maximum absolute atomic E-state index is 5.83. The lowest BCUT2D eigenvalue weighted by Gasteiger charge is -2.09. The molecule has 0 spiro atoms. The van der Waals surface area contributed by atoms with E-state index in [0.29, 0.717) is 0 Å². The summed E-state index contributed by atoms with van der Waals surface area (Å²) >= 11 is 0. The molecule has 0 bridgehead atoms. The van der Waals surface area contributed by atoms with E-state index < -0.39 is 0 Å². The van der Waals surface area contributed by atoms with E-state index in [2.05, 4.69) is 29.2 Å². The van der Waals surface area contributed by atoms with E-state index in [1.165, 1.54) is 5.56 Å². The predicted octanol–water partition coefficient (Wildman–Crippen LogP) is 3.30. The van der Waals surface area contributed by atoms with Crippen molar-refractivity contribution in [3.63, 3.8) is 0 Å². The predicted molar refractivity (Wildman–Crippen MR) is 90.9 cm³/mol. The van der Waals surface area contributed by atoms with E-state index in [1.54, 1.807) is 6.20 Å². The highest BCUT2D eigenvalue weighted by atomic mass is 16.5. The molecule has 1 aromatic carbocycles. The van der Waals surface area contributed by atoms with Gasteiger partial charge in [-0.15, -0.1) is 5.10 Å². The van der Waals surface area contributed by atoms with Gasteiger partial charge in [0.1, 0.15) is 6.10 Å². The largest absolute Gasteiger partial charge is 0.370 e. The van der Waals surface area contributed by atoms with Crippen LogP contribution in [0.25, 0.3) is 5.82 Å². The molecule has 1 fully saturated rings. The van der Waals surface area contributed by atoms with Crippen molar-refractivity contribution in [2.75, 3.05) is 6.61 Å². The van der Waals surface area contributed by atoms with Crippen molar-refractivity contribution in [1.29, 1.82) is 0 Å². The van der Waals surface area contributed by atoms with E-state index in [-0.39, 0.29) is 6.10 Å². The highest BCUT2D eigenvalue weighted by Crippen LogP contribution is 2.28. The lowest BCUT2D eigenvalue weighted by Crippen LogP contribution is -2.09. The third-order valence-corrected chi connectivity index (χ3v) is 4.24. The van der Waals surface area contributed by atoms with Crippen LogP contribution in [0, 0.1) is 0 Å². The lowest BCUT2D eigenvalue weighted by atomic mass is 10.1.